The van der Waals surface area contributed by atoms with Crippen molar-refractivity contribution < 1.29 is 0 Å². The van der Waals surface area contributed by atoms with Crippen LogP contribution < -0.4 is 10.6 Å². The van der Waals surface area contributed by atoms with Gasteiger partial charge < -0.3 is 0 Å². The molecule has 0 heterocycles. The fourth-order valence-corrected chi connectivity index (χ4v) is 12.6. The molecule has 2 fully saturated rings. The van der Waals surface area contributed by atoms with Crippen molar-refractivity contribution in [3.8, 4) is 0 Å². The standard InChI is InChI=1S/C22H29P/c1-3-11-19(12-4-1)23(21-15-7-8-16-21,22-17-9-10-18-22)20-13-5-2-6-14-20/h1-6,11-14,21-23H,7-10,15-18H2. The van der Waals surface area contributed by atoms with E-state index in [1.165, 1.54) is 51.4 Å². The molecule has 0 bridgehead atoms. The van der Waals surface area contributed by atoms with E-state index >= 15 is 0 Å². The Morgan fingerprint density at radius 3 is 1.22 bits per heavy atom. The molecule has 1 heteroatoms. The summed E-state index contributed by atoms with van der Waals surface area (Å²) in [7, 11) is -1.68. The predicted molar refractivity (Wildman–Crippen MR) is 105 cm³/mol. The molecule has 0 N–H and O–H groups in total. The Morgan fingerprint density at radius 2 is 0.870 bits per heavy atom. The zero-order valence-corrected chi connectivity index (χ0v) is 15.1. The predicted octanol–water partition coefficient (Wildman–Crippen LogP) is 5.27. The molecule has 122 valence electrons. The van der Waals surface area contributed by atoms with Gasteiger partial charge in [0.1, 0.15) is 0 Å². The van der Waals surface area contributed by atoms with Gasteiger partial charge >= 0.3 is 141 Å². The summed E-state index contributed by atoms with van der Waals surface area (Å²) in [6.07, 6.45) is 11.7. The second-order valence-corrected chi connectivity index (χ2v) is 12.1. The molecule has 0 aliphatic heterocycles. The Labute approximate surface area is 141 Å². The van der Waals surface area contributed by atoms with Crippen molar-refractivity contribution in [2.45, 2.75) is 62.7 Å². The van der Waals surface area contributed by atoms with Gasteiger partial charge in [0, 0.05) is 0 Å². The van der Waals surface area contributed by atoms with Gasteiger partial charge in [-0.25, -0.2) is 0 Å². The zero-order valence-electron chi connectivity index (χ0n) is 14.1. The van der Waals surface area contributed by atoms with Gasteiger partial charge in [0.25, 0.3) is 0 Å². The van der Waals surface area contributed by atoms with Gasteiger partial charge in [0.15, 0.2) is 0 Å². The molecular weight excluding hydrogens is 295 g/mol. The minimum absolute atomic E-state index is 0.954. The molecule has 0 nitrogen and oxygen atoms in total. The number of benzene rings is 2. The van der Waals surface area contributed by atoms with Gasteiger partial charge in [-0.15, -0.1) is 0 Å². The summed E-state index contributed by atoms with van der Waals surface area (Å²) in [5, 5.41) is 3.43. The van der Waals surface area contributed by atoms with Crippen molar-refractivity contribution >= 4 is 17.9 Å². The van der Waals surface area contributed by atoms with Crippen LogP contribution in [0.25, 0.3) is 0 Å². The molecular formula is C22H29P. The molecule has 4 rings (SSSR count). The second kappa shape index (κ2) is 6.78. The maximum atomic E-state index is 2.47. The quantitative estimate of drug-likeness (QED) is 0.672. The van der Waals surface area contributed by atoms with Crippen LogP contribution in [0, 0.1) is 0 Å². The van der Waals surface area contributed by atoms with Crippen molar-refractivity contribution in [3.05, 3.63) is 60.7 Å². The number of hydrogen-bond donors (Lipinski definition) is 0. The van der Waals surface area contributed by atoms with E-state index in [2.05, 4.69) is 60.7 Å². The molecule has 0 amide bonds. The zero-order chi connectivity index (χ0) is 15.5. The normalized spacial score (nSPS) is 20.9. The molecule has 2 aliphatic carbocycles. The fraction of sp³-hybridized carbons (Fsp3) is 0.455. The number of rotatable bonds is 4. The van der Waals surface area contributed by atoms with Gasteiger partial charge in [-0.1, -0.05) is 0 Å². The van der Waals surface area contributed by atoms with E-state index in [4.69, 9.17) is 0 Å². The Hall–Kier alpha value is -1.13. The fourth-order valence-electron chi connectivity index (χ4n) is 5.63. The average Bonchev–Trinajstić information content (AvgIpc) is 3.32. The molecule has 0 atom stereocenters. The summed E-state index contributed by atoms with van der Waals surface area (Å²) in [6, 6.07) is 23.4. The molecule has 2 aromatic rings. The van der Waals surface area contributed by atoms with Crippen molar-refractivity contribution in [1.82, 2.24) is 0 Å². The second-order valence-electron chi connectivity index (χ2n) is 7.56. The summed E-state index contributed by atoms with van der Waals surface area (Å²) < 4.78 is 0. The first-order valence-electron chi connectivity index (χ1n) is 9.53. The summed E-state index contributed by atoms with van der Waals surface area (Å²) in [6.45, 7) is 0. The van der Waals surface area contributed by atoms with Crippen molar-refractivity contribution in [1.29, 1.82) is 0 Å². The molecule has 23 heavy (non-hydrogen) atoms. The SMILES string of the molecule is c1ccc([PH](c2ccccc2)(C2CCCC2)C2CCCC2)cc1. The number of hydrogen-bond acceptors (Lipinski definition) is 0. The molecule has 0 radical (unpaired) electrons. The minimum atomic E-state index is -1.68. The monoisotopic (exact) mass is 324 g/mol. The van der Waals surface area contributed by atoms with Gasteiger partial charge in [0.05, 0.1) is 0 Å². The van der Waals surface area contributed by atoms with Crippen LogP contribution in [0.1, 0.15) is 51.4 Å². The molecule has 2 aliphatic rings. The van der Waals surface area contributed by atoms with Gasteiger partial charge in [-0.3, -0.25) is 0 Å². The van der Waals surface area contributed by atoms with E-state index in [-0.39, 0.29) is 0 Å². The van der Waals surface area contributed by atoms with Crippen LogP contribution in [0.3, 0.4) is 0 Å². The van der Waals surface area contributed by atoms with E-state index in [0.717, 1.165) is 11.3 Å². The Kier molecular flexibility index (Phi) is 4.54. The van der Waals surface area contributed by atoms with Crippen LogP contribution in [0.2, 0.25) is 0 Å². The van der Waals surface area contributed by atoms with Crippen LogP contribution in [0.4, 0.5) is 0 Å². The average molecular weight is 324 g/mol. The van der Waals surface area contributed by atoms with Gasteiger partial charge in [0.2, 0.25) is 0 Å². The topological polar surface area (TPSA) is 0 Å². The first-order valence-corrected chi connectivity index (χ1v) is 11.7. The van der Waals surface area contributed by atoms with E-state index in [9.17, 15) is 0 Å². The van der Waals surface area contributed by atoms with E-state index in [1.54, 1.807) is 10.6 Å². The van der Waals surface area contributed by atoms with Crippen molar-refractivity contribution in [2.75, 3.05) is 0 Å². The molecule has 0 saturated heterocycles. The van der Waals surface area contributed by atoms with Crippen LogP contribution in [-0.2, 0) is 0 Å². The molecule has 0 aromatic heterocycles. The summed E-state index contributed by atoms with van der Waals surface area (Å²) in [4.78, 5) is 0. The Morgan fingerprint density at radius 1 is 0.522 bits per heavy atom. The summed E-state index contributed by atoms with van der Waals surface area (Å²) in [5.41, 5.74) is 1.91. The Bertz CT molecular complexity index is 549. The van der Waals surface area contributed by atoms with Crippen LogP contribution in [-0.4, -0.2) is 11.3 Å². The third kappa shape index (κ3) is 2.66. The maximum absolute atomic E-state index is 2.47. The molecule has 2 saturated carbocycles. The van der Waals surface area contributed by atoms with Crippen molar-refractivity contribution in [2.24, 2.45) is 0 Å². The summed E-state index contributed by atoms with van der Waals surface area (Å²) >= 11 is 0. The first kappa shape index (κ1) is 15.4. The van der Waals surface area contributed by atoms with Crippen LogP contribution >= 0.6 is 7.26 Å². The van der Waals surface area contributed by atoms with Gasteiger partial charge in [-0.2, -0.15) is 0 Å². The Balaban J connectivity index is 1.92. The molecule has 2 aromatic carbocycles. The van der Waals surface area contributed by atoms with Gasteiger partial charge in [-0.05, 0) is 0 Å². The first-order chi connectivity index (χ1) is 11.4. The van der Waals surface area contributed by atoms with Crippen LogP contribution in [0.5, 0.6) is 0 Å². The van der Waals surface area contributed by atoms with E-state index in [0.29, 0.717) is 0 Å². The van der Waals surface area contributed by atoms with Crippen LogP contribution in [0.15, 0.2) is 60.7 Å². The molecule has 0 spiro atoms. The van der Waals surface area contributed by atoms with E-state index < -0.39 is 7.26 Å². The van der Waals surface area contributed by atoms with E-state index in [1.807, 2.05) is 0 Å². The third-order valence-corrected chi connectivity index (χ3v) is 12.8. The third-order valence-electron chi connectivity index (χ3n) is 6.50. The summed E-state index contributed by atoms with van der Waals surface area (Å²) in [5.74, 6) is 0. The molecule has 0 unspecified atom stereocenters. The van der Waals surface area contributed by atoms with Crippen molar-refractivity contribution in [3.63, 3.8) is 0 Å².